The Bertz CT molecular complexity index is 790. The van der Waals surface area contributed by atoms with Crippen molar-refractivity contribution in [3.63, 3.8) is 0 Å². The molecule has 2 heterocycles. The van der Waals surface area contributed by atoms with Gasteiger partial charge in [0.25, 0.3) is 5.91 Å². The summed E-state index contributed by atoms with van der Waals surface area (Å²) in [5.74, 6) is 0.218. The Balaban J connectivity index is 1.59. The van der Waals surface area contributed by atoms with E-state index in [4.69, 9.17) is 9.47 Å². The Morgan fingerprint density at radius 2 is 2.11 bits per heavy atom. The van der Waals surface area contributed by atoms with E-state index in [1.165, 1.54) is 4.68 Å². The number of ether oxygens (including phenoxy) is 2. The number of carbonyl (C=O) groups excluding carboxylic acids is 1. The summed E-state index contributed by atoms with van der Waals surface area (Å²) in [5.41, 5.74) is -0.318. The van der Waals surface area contributed by atoms with Crippen LogP contribution < -0.4 is 10.1 Å². The molecular formula is C18H20F3N3O3. The van der Waals surface area contributed by atoms with Gasteiger partial charge in [0.05, 0.1) is 19.8 Å². The number of nitrogens with one attached hydrogen (secondary N) is 1. The Labute approximate surface area is 154 Å². The number of amides is 1. The van der Waals surface area contributed by atoms with E-state index < -0.39 is 18.0 Å². The number of hydrogen-bond acceptors (Lipinski definition) is 4. The zero-order valence-electron chi connectivity index (χ0n) is 14.8. The monoisotopic (exact) mass is 383 g/mol. The molecule has 1 N–H and O–H groups in total. The maximum absolute atomic E-state index is 13.1. The first-order valence-corrected chi connectivity index (χ1v) is 8.59. The first kappa shape index (κ1) is 19.2. The van der Waals surface area contributed by atoms with Crippen LogP contribution in [0.15, 0.2) is 30.3 Å². The molecule has 146 valence electrons. The zero-order chi connectivity index (χ0) is 19.4. The lowest BCUT2D eigenvalue weighted by molar-refractivity contribution is -0.142. The third kappa shape index (κ3) is 4.60. The summed E-state index contributed by atoms with van der Waals surface area (Å²) >= 11 is 0. The van der Waals surface area contributed by atoms with E-state index in [9.17, 15) is 18.0 Å². The maximum atomic E-state index is 13.1. The second kappa shape index (κ2) is 7.99. The fourth-order valence-corrected chi connectivity index (χ4v) is 2.91. The molecule has 9 heteroatoms. The van der Waals surface area contributed by atoms with E-state index in [1.54, 1.807) is 31.2 Å². The Morgan fingerprint density at radius 1 is 1.37 bits per heavy atom. The van der Waals surface area contributed by atoms with Gasteiger partial charge in [0.2, 0.25) is 0 Å². The number of fused-ring (bicyclic) bond motifs is 1. The minimum absolute atomic E-state index is 0.0841. The van der Waals surface area contributed by atoms with E-state index in [-0.39, 0.29) is 31.2 Å². The molecule has 1 aliphatic heterocycles. The SMILES string of the molecule is CC(Oc1ccccc1)C(=O)NCCn1nc(C(F)(F)F)c2c1CCOC2. The van der Waals surface area contributed by atoms with E-state index in [1.807, 2.05) is 6.07 Å². The molecule has 1 aromatic heterocycles. The molecule has 0 bridgehead atoms. The summed E-state index contributed by atoms with van der Waals surface area (Å²) < 4.78 is 51.4. The Kier molecular flexibility index (Phi) is 5.69. The molecule has 1 unspecified atom stereocenters. The second-order valence-electron chi connectivity index (χ2n) is 6.16. The van der Waals surface area contributed by atoms with Crippen LogP contribution in [0.1, 0.15) is 23.9 Å². The summed E-state index contributed by atoms with van der Waals surface area (Å²) in [5, 5.41) is 6.37. The van der Waals surface area contributed by atoms with Crippen LogP contribution >= 0.6 is 0 Å². The van der Waals surface area contributed by atoms with Crippen molar-refractivity contribution >= 4 is 5.91 Å². The van der Waals surface area contributed by atoms with Gasteiger partial charge in [0.15, 0.2) is 11.8 Å². The first-order chi connectivity index (χ1) is 12.9. The molecule has 0 saturated carbocycles. The lowest BCUT2D eigenvalue weighted by Crippen LogP contribution is -2.38. The van der Waals surface area contributed by atoms with Crippen LogP contribution in [0.5, 0.6) is 5.75 Å². The molecule has 1 amide bonds. The topological polar surface area (TPSA) is 65.4 Å². The molecule has 0 radical (unpaired) electrons. The van der Waals surface area contributed by atoms with Crippen LogP contribution in [-0.4, -0.2) is 34.9 Å². The van der Waals surface area contributed by atoms with Gasteiger partial charge in [-0.15, -0.1) is 0 Å². The Morgan fingerprint density at radius 3 is 2.81 bits per heavy atom. The van der Waals surface area contributed by atoms with Gasteiger partial charge >= 0.3 is 6.18 Å². The van der Waals surface area contributed by atoms with Gasteiger partial charge in [-0.25, -0.2) is 0 Å². The zero-order valence-corrected chi connectivity index (χ0v) is 14.8. The van der Waals surface area contributed by atoms with Gasteiger partial charge in [0, 0.05) is 24.2 Å². The Hall–Kier alpha value is -2.55. The number of nitrogens with zero attached hydrogens (tertiary/aromatic N) is 2. The van der Waals surface area contributed by atoms with Crippen LogP contribution in [0.25, 0.3) is 0 Å². The molecule has 27 heavy (non-hydrogen) atoms. The van der Waals surface area contributed by atoms with Crippen LogP contribution in [-0.2, 0) is 35.3 Å². The fourth-order valence-electron chi connectivity index (χ4n) is 2.91. The molecule has 2 aromatic rings. The third-order valence-electron chi connectivity index (χ3n) is 4.21. The summed E-state index contributed by atoms with van der Waals surface area (Å²) in [6.07, 6.45) is -4.89. The van der Waals surface area contributed by atoms with Gasteiger partial charge in [-0.1, -0.05) is 18.2 Å². The molecule has 3 rings (SSSR count). The molecule has 0 fully saturated rings. The number of alkyl halides is 3. The number of hydrogen-bond donors (Lipinski definition) is 1. The number of aromatic nitrogens is 2. The highest BCUT2D eigenvalue weighted by Gasteiger charge is 2.39. The van der Waals surface area contributed by atoms with Crippen molar-refractivity contribution in [2.24, 2.45) is 0 Å². The number of carbonyl (C=O) groups is 1. The van der Waals surface area contributed by atoms with Crippen LogP contribution in [0, 0.1) is 0 Å². The predicted octanol–water partition coefficient (Wildman–Crippen LogP) is 2.56. The standard InChI is InChI=1S/C18H20F3N3O3/c1-12(27-13-5-3-2-4-6-13)17(25)22-8-9-24-15-7-10-26-11-14(15)16(23-24)18(19,20)21/h2-6,12H,7-11H2,1H3,(H,22,25). The third-order valence-corrected chi connectivity index (χ3v) is 4.21. The molecule has 1 atom stereocenters. The van der Waals surface area contributed by atoms with E-state index in [2.05, 4.69) is 10.4 Å². The molecule has 0 aliphatic carbocycles. The molecule has 1 aromatic carbocycles. The maximum Gasteiger partial charge on any atom is 0.435 e. The van der Waals surface area contributed by atoms with Crippen molar-refractivity contribution in [1.82, 2.24) is 15.1 Å². The van der Waals surface area contributed by atoms with Gasteiger partial charge in [-0.2, -0.15) is 18.3 Å². The fraction of sp³-hybridized carbons (Fsp3) is 0.444. The van der Waals surface area contributed by atoms with Crippen molar-refractivity contribution in [3.8, 4) is 5.75 Å². The highest BCUT2D eigenvalue weighted by atomic mass is 19.4. The van der Waals surface area contributed by atoms with Crippen LogP contribution in [0.4, 0.5) is 13.2 Å². The van der Waals surface area contributed by atoms with E-state index in [0.717, 1.165) is 0 Å². The molecule has 1 aliphatic rings. The van der Waals surface area contributed by atoms with Gasteiger partial charge < -0.3 is 14.8 Å². The average molecular weight is 383 g/mol. The van der Waals surface area contributed by atoms with E-state index >= 15 is 0 Å². The smallest absolute Gasteiger partial charge is 0.435 e. The summed E-state index contributed by atoms with van der Waals surface area (Å²) in [7, 11) is 0. The molecule has 6 nitrogen and oxygen atoms in total. The summed E-state index contributed by atoms with van der Waals surface area (Å²) in [6, 6.07) is 8.90. The quantitative estimate of drug-likeness (QED) is 0.833. The van der Waals surface area contributed by atoms with Gasteiger partial charge in [-0.3, -0.25) is 9.48 Å². The minimum atomic E-state index is -4.53. The summed E-state index contributed by atoms with van der Waals surface area (Å²) in [6.45, 7) is 2.15. The molecule has 0 saturated heterocycles. The van der Waals surface area contributed by atoms with Crippen LogP contribution in [0.2, 0.25) is 0 Å². The van der Waals surface area contributed by atoms with Crippen molar-refractivity contribution in [1.29, 1.82) is 0 Å². The van der Waals surface area contributed by atoms with Gasteiger partial charge in [0.1, 0.15) is 5.75 Å². The number of para-hydroxylation sites is 1. The first-order valence-electron chi connectivity index (χ1n) is 8.59. The van der Waals surface area contributed by atoms with Crippen molar-refractivity contribution in [2.75, 3.05) is 13.2 Å². The predicted molar refractivity (Wildman–Crippen MR) is 90.1 cm³/mol. The second-order valence-corrected chi connectivity index (χ2v) is 6.16. The highest BCUT2D eigenvalue weighted by molar-refractivity contribution is 5.80. The normalized spacial score (nSPS) is 15.1. The lowest BCUT2D eigenvalue weighted by atomic mass is 10.1. The summed E-state index contributed by atoms with van der Waals surface area (Å²) in [4.78, 5) is 12.1. The molecule has 0 spiro atoms. The minimum Gasteiger partial charge on any atom is -0.481 e. The average Bonchev–Trinajstić information content (AvgIpc) is 3.02. The largest absolute Gasteiger partial charge is 0.481 e. The van der Waals surface area contributed by atoms with Crippen LogP contribution in [0.3, 0.4) is 0 Å². The van der Waals surface area contributed by atoms with Crippen molar-refractivity contribution < 1.29 is 27.4 Å². The lowest BCUT2D eigenvalue weighted by Gasteiger charge is -2.17. The number of benzene rings is 1. The van der Waals surface area contributed by atoms with Crippen molar-refractivity contribution in [2.45, 2.75) is 38.8 Å². The van der Waals surface area contributed by atoms with Crippen molar-refractivity contribution in [3.05, 3.63) is 47.3 Å². The highest BCUT2D eigenvalue weighted by Crippen LogP contribution is 2.34. The van der Waals surface area contributed by atoms with Gasteiger partial charge in [-0.05, 0) is 19.1 Å². The number of halogens is 3. The molecular weight excluding hydrogens is 363 g/mol. The number of rotatable bonds is 6. The van der Waals surface area contributed by atoms with E-state index in [0.29, 0.717) is 24.5 Å².